The van der Waals surface area contributed by atoms with Crippen molar-refractivity contribution in [2.75, 3.05) is 19.4 Å². The first kappa shape index (κ1) is 20.7. The van der Waals surface area contributed by atoms with Crippen molar-refractivity contribution >= 4 is 39.5 Å². The average Bonchev–Trinajstić information content (AvgIpc) is 3.36. The number of rotatable bonds is 8. The fraction of sp³-hybridized carbons (Fsp3) is 0.737. The van der Waals surface area contributed by atoms with Gasteiger partial charge >= 0.3 is 18.0 Å². The summed E-state index contributed by atoms with van der Waals surface area (Å²) >= 11 is 0. The Kier molecular flexibility index (Phi) is 7.66. The Morgan fingerprint density at radius 2 is 2.30 bits per heavy atom. The number of hydrogen-bond donors (Lipinski definition) is 1. The molecule has 3 heterocycles. The van der Waals surface area contributed by atoms with Gasteiger partial charge in [0.15, 0.2) is 0 Å². The maximum Gasteiger partial charge on any atom is 0.409 e. The van der Waals surface area contributed by atoms with E-state index >= 15 is 0 Å². The third-order valence-electron chi connectivity index (χ3n) is 5.47. The summed E-state index contributed by atoms with van der Waals surface area (Å²) in [5, 5.41) is 0.756. The Labute approximate surface area is 168 Å². The van der Waals surface area contributed by atoms with Gasteiger partial charge in [0.05, 0.1) is 25.8 Å². The highest BCUT2D eigenvalue weighted by Gasteiger charge is 2.39. The van der Waals surface area contributed by atoms with Crippen molar-refractivity contribution in [3.05, 3.63) is 11.9 Å². The molecule has 0 bridgehead atoms. The van der Waals surface area contributed by atoms with Gasteiger partial charge in [-0.2, -0.15) is 4.99 Å². The van der Waals surface area contributed by atoms with E-state index in [2.05, 4.69) is 4.99 Å². The van der Waals surface area contributed by atoms with Crippen LogP contribution in [0.25, 0.3) is 0 Å². The summed E-state index contributed by atoms with van der Waals surface area (Å²) in [4.78, 5) is 29.0. The van der Waals surface area contributed by atoms with Gasteiger partial charge in [-0.05, 0) is 25.7 Å². The third-order valence-corrected chi connectivity index (χ3v) is 8.48. The molecule has 0 radical (unpaired) electrons. The molecule has 8 heteroatoms. The number of unbranched alkanes of at least 4 members (excludes halogenated alkanes) is 1. The predicted octanol–water partition coefficient (Wildman–Crippen LogP) is 2.56. The number of ether oxygens (including phenoxy) is 2. The predicted molar refractivity (Wildman–Crippen MR) is 108 cm³/mol. The number of nitrogens with zero attached hydrogens (tertiary/aromatic N) is 1. The number of cyclic esters (lactones) is 1. The molecule has 0 aromatic rings. The van der Waals surface area contributed by atoms with Crippen LogP contribution < -0.4 is 4.90 Å². The van der Waals surface area contributed by atoms with Gasteiger partial charge in [0.25, 0.3) is 0 Å². The molecule has 1 unspecified atom stereocenters. The monoisotopic (exact) mass is 413 g/mol. The Hall–Kier alpha value is -0.990. The van der Waals surface area contributed by atoms with Gasteiger partial charge in [0, 0.05) is 29.8 Å². The van der Waals surface area contributed by atoms with E-state index < -0.39 is 0 Å². The summed E-state index contributed by atoms with van der Waals surface area (Å²) in [7, 11) is 5.87. The number of carbonyl (C=O) groups is 2. The fourth-order valence-corrected chi connectivity index (χ4v) is 6.76. The van der Waals surface area contributed by atoms with Crippen LogP contribution in [-0.4, -0.2) is 42.6 Å². The van der Waals surface area contributed by atoms with Crippen LogP contribution in [0.3, 0.4) is 0 Å². The molecule has 0 aromatic carbocycles. The van der Waals surface area contributed by atoms with Gasteiger partial charge in [0.1, 0.15) is 5.70 Å². The lowest BCUT2D eigenvalue weighted by Crippen LogP contribution is -3.09. The normalized spacial score (nSPS) is 30.2. The van der Waals surface area contributed by atoms with Crippen molar-refractivity contribution in [2.24, 2.45) is 16.8 Å². The van der Waals surface area contributed by atoms with Crippen LogP contribution in [-0.2, 0) is 19.1 Å². The average molecular weight is 414 g/mol. The molecule has 0 amide bonds. The highest BCUT2D eigenvalue weighted by molar-refractivity contribution is 8.77. The van der Waals surface area contributed by atoms with E-state index in [1.807, 2.05) is 35.6 Å². The van der Waals surface area contributed by atoms with Crippen molar-refractivity contribution in [1.82, 2.24) is 0 Å². The minimum atomic E-state index is -0.206. The highest BCUT2D eigenvalue weighted by Crippen LogP contribution is 2.39. The van der Waals surface area contributed by atoms with Crippen molar-refractivity contribution in [1.29, 1.82) is 0 Å². The van der Waals surface area contributed by atoms with Crippen molar-refractivity contribution in [3.8, 4) is 0 Å². The quantitative estimate of drug-likeness (QED) is 0.375. The molecule has 6 nitrogen and oxygen atoms in total. The molecule has 2 fully saturated rings. The molecule has 3 aliphatic rings. The van der Waals surface area contributed by atoms with Crippen LogP contribution in [0.15, 0.2) is 16.9 Å². The summed E-state index contributed by atoms with van der Waals surface area (Å²) in [5.74, 6) is 1.09. The Morgan fingerprint density at radius 3 is 3.04 bits per heavy atom. The van der Waals surface area contributed by atoms with Crippen molar-refractivity contribution < 1.29 is 24.0 Å². The first-order valence-electron chi connectivity index (χ1n) is 9.85. The lowest BCUT2D eigenvalue weighted by atomic mass is 9.89. The second-order valence-corrected chi connectivity index (χ2v) is 10.2. The van der Waals surface area contributed by atoms with E-state index in [9.17, 15) is 9.59 Å². The molecule has 0 aliphatic carbocycles. The van der Waals surface area contributed by atoms with Crippen LogP contribution >= 0.6 is 21.6 Å². The van der Waals surface area contributed by atoms with E-state index in [0.29, 0.717) is 19.0 Å². The van der Waals surface area contributed by atoms with Crippen LogP contribution in [0.5, 0.6) is 0 Å². The third kappa shape index (κ3) is 5.51. The van der Waals surface area contributed by atoms with Gasteiger partial charge in [-0.1, -0.05) is 34.9 Å². The van der Waals surface area contributed by atoms with Crippen LogP contribution in [0.4, 0.5) is 0 Å². The number of hydrogen-bond acceptors (Lipinski definition) is 7. The van der Waals surface area contributed by atoms with Gasteiger partial charge in [-0.3, -0.25) is 9.59 Å². The molecule has 4 atom stereocenters. The summed E-state index contributed by atoms with van der Waals surface area (Å²) < 4.78 is 10.7. The maximum absolute atomic E-state index is 12.1. The lowest BCUT2D eigenvalue weighted by Gasteiger charge is -2.16. The first-order valence-corrected chi connectivity index (χ1v) is 12.2. The number of esters is 2. The van der Waals surface area contributed by atoms with Gasteiger partial charge in [0.2, 0.25) is 0 Å². The van der Waals surface area contributed by atoms with Gasteiger partial charge < -0.3 is 9.47 Å². The molecule has 0 spiro atoms. The second-order valence-electron chi connectivity index (χ2n) is 7.37. The van der Waals surface area contributed by atoms with Crippen LogP contribution in [0.1, 0.15) is 51.9 Å². The molecular weight excluding hydrogens is 384 g/mol. The molecule has 3 rings (SSSR count). The highest BCUT2D eigenvalue weighted by atomic mass is 33.1. The molecule has 1 N–H and O–H groups in total. The smallest absolute Gasteiger partial charge is 0.409 e. The zero-order valence-electron chi connectivity index (χ0n) is 16.1. The number of amidine groups is 1. The summed E-state index contributed by atoms with van der Waals surface area (Å²) in [5.41, 5.74) is 1.04. The second kappa shape index (κ2) is 9.98. The molecule has 0 aromatic heterocycles. The van der Waals surface area contributed by atoms with Crippen LogP contribution in [0, 0.1) is 11.8 Å². The molecule has 0 saturated carbocycles. The van der Waals surface area contributed by atoms with Crippen molar-refractivity contribution in [2.45, 2.75) is 57.1 Å². The van der Waals surface area contributed by atoms with E-state index in [1.165, 1.54) is 18.6 Å². The lowest BCUT2D eigenvalue weighted by molar-refractivity contribution is -0.747. The Bertz CT molecular complexity index is 617. The molecular formula is C19H29N2O4S2+. The van der Waals surface area contributed by atoms with E-state index in [-0.39, 0.29) is 23.8 Å². The fourth-order valence-electron chi connectivity index (χ4n) is 3.73. The zero-order chi connectivity index (χ0) is 19.2. The van der Waals surface area contributed by atoms with E-state index in [0.717, 1.165) is 41.5 Å². The van der Waals surface area contributed by atoms with Crippen molar-refractivity contribution in [3.63, 3.8) is 0 Å². The van der Waals surface area contributed by atoms with E-state index in [4.69, 9.17) is 9.47 Å². The summed E-state index contributed by atoms with van der Waals surface area (Å²) in [6.07, 6.45) is 8.14. The molecule has 3 aliphatic heterocycles. The number of quaternary nitrogens is 1. The summed E-state index contributed by atoms with van der Waals surface area (Å²) in [6, 6.07) is 0.413. The minimum absolute atomic E-state index is 0.0401. The number of carbonyl (C=O) groups excluding carboxylic acids is 2. The topological polar surface area (TPSA) is 69.4 Å². The standard InChI is InChI=1S/C19H28N2O4S2/c1-3-16-13(12-24-18(16)23)10-14-11-20-19(21(14)2)25-17(22)7-5-4-6-15-8-9-26-27-15/h11,13,15-16H,3-10,12H2,1-2H3/p+1/t13-,15+,16-/m0/s1. The largest absolute Gasteiger partial charge is 0.465 e. The number of nitrogens with one attached hydrogen (secondary N) is 1. The number of allylic oxidation sites excluding steroid dienone is 1. The van der Waals surface area contributed by atoms with Gasteiger partial charge in [-0.15, -0.1) is 0 Å². The maximum atomic E-state index is 12.1. The van der Waals surface area contributed by atoms with E-state index in [1.54, 1.807) is 6.20 Å². The zero-order valence-corrected chi connectivity index (χ0v) is 17.7. The molecule has 2 saturated heterocycles. The van der Waals surface area contributed by atoms with Gasteiger partial charge in [-0.25, -0.2) is 4.90 Å². The minimum Gasteiger partial charge on any atom is -0.465 e. The van der Waals surface area contributed by atoms with Crippen LogP contribution in [0.2, 0.25) is 0 Å². The molecule has 150 valence electrons. The Balaban J connectivity index is 1.36. The SMILES string of the molecule is CC[C@@H]1C(=O)OC[C@@H]1CC1=CN=C(OC(=O)CCCC[C@@H]2CCSS2)[NH+]1C. The number of aliphatic imine (C=N–C) groups is 1. The summed E-state index contributed by atoms with van der Waals surface area (Å²) in [6.45, 7) is 2.48. The molecule has 27 heavy (non-hydrogen) atoms. The first-order chi connectivity index (χ1) is 13.1. The Morgan fingerprint density at radius 1 is 1.44 bits per heavy atom.